The van der Waals surface area contributed by atoms with Gasteiger partial charge in [-0.1, -0.05) is 30.7 Å². The Morgan fingerprint density at radius 2 is 2.00 bits per heavy atom. The summed E-state index contributed by atoms with van der Waals surface area (Å²) >= 11 is 9.32. The molecule has 0 radical (unpaired) electrons. The number of hydrogen-bond acceptors (Lipinski definition) is 4. The van der Waals surface area contributed by atoms with Gasteiger partial charge < -0.3 is 19.7 Å². The molecule has 0 fully saturated rings. The van der Waals surface area contributed by atoms with Crippen molar-refractivity contribution in [2.24, 2.45) is 0 Å². The Kier molecular flexibility index (Phi) is 9.46. The van der Waals surface area contributed by atoms with Crippen molar-refractivity contribution < 1.29 is 19.1 Å². The zero-order chi connectivity index (χ0) is 22.1. The van der Waals surface area contributed by atoms with Gasteiger partial charge in [0.1, 0.15) is 17.5 Å². The molecule has 0 heterocycles. The summed E-state index contributed by atoms with van der Waals surface area (Å²) in [6.07, 6.45) is 0.815. The number of nitrogens with zero attached hydrogens (tertiary/aromatic N) is 1. The topological polar surface area (TPSA) is 67.9 Å². The van der Waals surface area contributed by atoms with Crippen molar-refractivity contribution in [2.45, 2.75) is 32.9 Å². The van der Waals surface area contributed by atoms with E-state index in [0.717, 1.165) is 12.0 Å². The van der Waals surface area contributed by atoms with E-state index in [-0.39, 0.29) is 25.0 Å². The second-order valence-electron chi connectivity index (χ2n) is 6.70. The summed E-state index contributed by atoms with van der Waals surface area (Å²) in [4.78, 5) is 27.1. The Morgan fingerprint density at radius 3 is 2.67 bits per heavy atom. The summed E-state index contributed by atoms with van der Waals surface area (Å²) in [5.74, 6) is 0.668. The van der Waals surface area contributed by atoms with E-state index in [1.165, 1.54) is 4.90 Å². The molecule has 30 heavy (non-hydrogen) atoms. The number of ether oxygens (including phenoxy) is 2. The molecule has 6 nitrogen and oxygen atoms in total. The maximum Gasteiger partial charge on any atom is 0.261 e. The third kappa shape index (κ3) is 6.92. The SMILES string of the molecule is CCCNC(=O)C(C)N(Cc1cccc(OC)c1)C(=O)COc1ccc(Cl)cc1Br. The molecule has 0 bridgehead atoms. The van der Waals surface area contributed by atoms with Crippen molar-refractivity contribution in [3.05, 3.63) is 57.5 Å². The minimum absolute atomic E-state index is 0.208. The third-order valence-corrected chi connectivity index (χ3v) is 5.30. The van der Waals surface area contributed by atoms with E-state index >= 15 is 0 Å². The zero-order valence-corrected chi connectivity index (χ0v) is 19.6. The van der Waals surface area contributed by atoms with Crippen LogP contribution in [-0.4, -0.2) is 43.0 Å². The minimum atomic E-state index is -0.660. The van der Waals surface area contributed by atoms with E-state index in [1.807, 2.05) is 31.2 Å². The van der Waals surface area contributed by atoms with Crippen LogP contribution in [0.5, 0.6) is 11.5 Å². The number of rotatable bonds is 10. The van der Waals surface area contributed by atoms with Crippen LogP contribution in [0.2, 0.25) is 5.02 Å². The van der Waals surface area contributed by atoms with Crippen molar-refractivity contribution >= 4 is 39.3 Å². The molecule has 0 aliphatic heterocycles. The lowest BCUT2D eigenvalue weighted by atomic mass is 10.1. The van der Waals surface area contributed by atoms with E-state index < -0.39 is 6.04 Å². The fourth-order valence-electron chi connectivity index (χ4n) is 2.76. The van der Waals surface area contributed by atoms with E-state index in [0.29, 0.717) is 27.5 Å². The van der Waals surface area contributed by atoms with Crippen LogP contribution < -0.4 is 14.8 Å². The monoisotopic (exact) mass is 496 g/mol. The molecule has 2 rings (SSSR count). The Bertz CT molecular complexity index is 878. The molecule has 162 valence electrons. The van der Waals surface area contributed by atoms with E-state index in [2.05, 4.69) is 21.2 Å². The molecule has 0 aromatic heterocycles. The van der Waals surface area contributed by atoms with Gasteiger partial charge in [-0.15, -0.1) is 0 Å². The fraction of sp³-hybridized carbons (Fsp3) is 0.364. The van der Waals surface area contributed by atoms with Crippen molar-refractivity contribution in [3.8, 4) is 11.5 Å². The second-order valence-corrected chi connectivity index (χ2v) is 7.99. The average molecular weight is 498 g/mol. The quantitative estimate of drug-likeness (QED) is 0.527. The van der Waals surface area contributed by atoms with Crippen LogP contribution in [-0.2, 0) is 16.1 Å². The van der Waals surface area contributed by atoms with Gasteiger partial charge in [0, 0.05) is 18.1 Å². The zero-order valence-electron chi connectivity index (χ0n) is 17.3. The largest absolute Gasteiger partial charge is 0.497 e. The molecule has 2 aromatic rings. The molecule has 0 spiro atoms. The van der Waals surface area contributed by atoms with Crippen molar-refractivity contribution in [2.75, 3.05) is 20.3 Å². The van der Waals surface area contributed by atoms with E-state index in [1.54, 1.807) is 32.2 Å². The normalized spacial score (nSPS) is 11.5. The molecule has 1 atom stereocenters. The minimum Gasteiger partial charge on any atom is -0.497 e. The lowest BCUT2D eigenvalue weighted by molar-refractivity contribution is -0.142. The first-order chi connectivity index (χ1) is 14.3. The van der Waals surface area contributed by atoms with Gasteiger partial charge in [-0.3, -0.25) is 9.59 Å². The van der Waals surface area contributed by atoms with Crippen LogP contribution in [0.4, 0.5) is 0 Å². The predicted octanol–water partition coefficient (Wildman–Crippen LogP) is 4.43. The highest BCUT2D eigenvalue weighted by molar-refractivity contribution is 9.10. The summed E-state index contributed by atoms with van der Waals surface area (Å²) in [6, 6.07) is 11.8. The van der Waals surface area contributed by atoms with Gasteiger partial charge in [-0.05, 0) is 65.2 Å². The van der Waals surface area contributed by atoms with Crippen molar-refractivity contribution in [3.63, 3.8) is 0 Å². The van der Waals surface area contributed by atoms with Gasteiger partial charge in [-0.25, -0.2) is 0 Å². The molecule has 1 N–H and O–H groups in total. The molecule has 0 saturated carbocycles. The van der Waals surface area contributed by atoms with Gasteiger partial charge >= 0.3 is 0 Å². The Morgan fingerprint density at radius 1 is 1.23 bits per heavy atom. The molecular formula is C22H26BrClN2O4. The number of nitrogens with one attached hydrogen (secondary N) is 1. The highest BCUT2D eigenvalue weighted by Gasteiger charge is 2.26. The molecule has 2 amide bonds. The lowest BCUT2D eigenvalue weighted by Crippen LogP contribution is -2.49. The molecule has 0 aliphatic rings. The second kappa shape index (κ2) is 11.8. The van der Waals surface area contributed by atoms with Gasteiger partial charge in [0.15, 0.2) is 6.61 Å². The Hall–Kier alpha value is -2.25. The van der Waals surface area contributed by atoms with Crippen LogP contribution in [0, 0.1) is 0 Å². The van der Waals surface area contributed by atoms with Gasteiger partial charge in [0.05, 0.1) is 11.6 Å². The molecule has 2 aromatic carbocycles. The van der Waals surface area contributed by atoms with Crippen LogP contribution in [0.25, 0.3) is 0 Å². The van der Waals surface area contributed by atoms with Crippen LogP contribution in [0.1, 0.15) is 25.8 Å². The van der Waals surface area contributed by atoms with Gasteiger partial charge in [0.2, 0.25) is 5.91 Å². The maximum absolute atomic E-state index is 13.0. The fourth-order valence-corrected chi connectivity index (χ4v) is 3.56. The summed E-state index contributed by atoms with van der Waals surface area (Å²) in [6.45, 7) is 4.28. The predicted molar refractivity (Wildman–Crippen MR) is 121 cm³/mol. The first kappa shape index (κ1) is 24.0. The summed E-state index contributed by atoms with van der Waals surface area (Å²) in [7, 11) is 1.58. The number of carbonyl (C=O) groups is 2. The standard InChI is InChI=1S/C22H26BrClN2O4/c1-4-10-25-22(28)15(2)26(13-16-6-5-7-18(11-16)29-3)21(27)14-30-20-9-8-17(24)12-19(20)23/h5-9,11-12,15H,4,10,13-14H2,1-3H3,(H,25,28). The highest BCUT2D eigenvalue weighted by Crippen LogP contribution is 2.28. The molecule has 0 saturated heterocycles. The van der Waals surface area contributed by atoms with Crippen molar-refractivity contribution in [1.82, 2.24) is 10.2 Å². The number of methoxy groups -OCH3 is 1. The number of halogens is 2. The molecule has 8 heteroatoms. The smallest absolute Gasteiger partial charge is 0.261 e. The average Bonchev–Trinajstić information content (AvgIpc) is 2.74. The number of benzene rings is 2. The Labute approximate surface area is 190 Å². The van der Waals surface area contributed by atoms with Crippen LogP contribution >= 0.6 is 27.5 Å². The molecule has 1 unspecified atom stereocenters. The molecular weight excluding hydrogens is 472 g/mol. The molecule has 0 aliphatic carbocycles. The number of carbonyl (C=O) groups excluding carboxylic acids is 2. The third-order valence-electron chi connectivity index (χ3n) is 4.45. The van der Waals surface area contributed by atoms with E-state index in [9.17, 15) is 9.59 Å². The van der Waals surface area contributed by atoms with Crippen molar-refractivity contribution in [1.29, 1.82) is 0 Å². The first-order valence-corrected chi connectivity index (χ1v) is 10.8. The number of hydrogen-bond donors (Lipinski definition) is 1. The van der Waals surface area contributed by atoms with Gasteiger partial charge in [-0.2, -0.15) is 0 Å². The summed E-state index contributed by atoms with van der Waals surface area (Å²) in [5, 5.41) is 3.40. The lowest BCUT2D eigenvalue weighted by Gasteiger charge is -2.29. The van der Waals surface area contributed by atoms with Crippen LogP contribution in [0.15, 0.2) is 46.9 Å². The summed E-state index contributed by atoms with van der Waals surface area (Å²) < 4.78 is 11.6. The first-order valence-electron chi connectivity index (χ1n) is 9.63. The maximum atomic E-state index is 13.0. The van der Waals surface area contributed by atoms with Gasteiger partial charge in [0.25, 0.3) is 5.91 Å². The summed E-state index contributed by atoms with van der Waals surface area (Å²) in [5.41, 5.74) is 0.852. The number of amides is 2. The Balaban J connectivity index is 2.17. The highest BCUT2D eigenvalue weighted by atomic mass is 79.9. The van der Waals surface area contributed by atoms with Crippen LogP contribution in [0.3, 0.4) is 0 Å². The van der Waals surface area contributed by atoms with E-state index in [4.69, 9.17) is 21.1 Å².